The largest absolute Gasteiger partial charge is 0.492 e. The predicted molar refractivity (Wildman–Crippen MR) is 103 cm³/mol. The second-order valence-electron chi connectivity index (χ2n) is 6.05. The van der Waals surface area contributed by atoms with Crippen LogP contribution in [0.3, 0.4) is 0 Å². The van der Waals surface area contributed by atoms with E-state index in [0.717, 1.165) is 12.3 Å². The quantitative estimate of drug-likeness (QED) is 0.653. The molecule has 0 aliphatic heterocycles. The molecule has 0 atom stereocenters. The first-order valence-electron chi connectivity index (χ1n) is 8.60. The molecule has 0 saturated carbocycles. The van der Waals surface area contributed by atoms with Crippen molar-refractivity contribution >= 4 is 23.3 Å². The van der Waals surface area contributed by atoms with Crippen molar-refractivity contribution in [2.45, 2.75) is 6.92 Å². The molecule has 0 radical (unpaired) electrons. The van der Waals surface area contributed by atoms with E-state index < -0.39 is 11.9 Å². The summed E-state index contributed by atoms with van der Waals surface area (Å²) in [6.45, 7) is 3.22. The summed E-state index contributed by atoms with van der Waals surface area (Å²) in [6.07, 6.45) is 0. The van der Waals surface area contributed by atoms with Crippen molar-refractivity contribution in [3.63, 3.8) is 0 Å². The fourth-order valence-corrected chi connectivity index (χ4v) is 2.40. The molecule has 0 fully saturated rings. The first-order valence-corrected chi connectivity index (χ1v) is 8.60. The molecule has 2 aromatic carbocycles. The van der Waals surface area contributed by atoms with Gasteiger partial charge in [-0.25, -0.2) is 9.59 Å². The molecule has 2 aromatic rings. The Labute approximate surface area is 158 Å². The van der Waals surface area contributed by atoms with Gasteiger partial charge in [0, 0.05) is 12.2 Å². The van der Waals surface area contributed by atoms with Gasteiger partial charge in [-0.3, -0.25) is 0 Å². The third-order valence-electron chi connectivity index (χ3n) is 3.71. The van der Waals surface area contributed by atoms with Crippen LogP contribution in [0.5, 0.6) is 5.75 Å². The summed E-state index contributed by atoms with van der Waals surface area (Å²) in [5.74, 6) is -1.14. The van der Waals surface area contributed by atoms with Gasteiger partial charge in [0.05, 0.1) is 23.4 Å². The molecule has 7 heteroatoms. The van der Waals surface area contributed by atoms with Crippen LogP contribution in [0.25, 0.3) is 0 Å². The topological polar surface area (TPSA) is 88.1 Å². The van der Waals surface area contributed by atoms with Gasteiger partial charge >= 0.3 is 11.9 Å². The van der Waals surface area contributed by atoms with Gasteiger partial charge in [0.25, 0.3) is 0 Å². The summed E-state index contributed by atoms with van der Waals surface area (Å²) >= 11 is 0. The van der Waals surface area contributed by atoms with E-state index in [1.807, 2.05) is 19.0 Å². The van der Waals surface area contributed by atoms with E-state index in [1.165, 1.54) is 6.07 Å². The zero-order valence-corrected chi connectivity index (χ0v) is 15.7. The smallest absolute Gasteiger partial charge is 0.339 e. The predicted octanol–water partition coefficient (Wildman–Crippen LogP) is 3.25. The Hall–Kier alpha value is -3.06. The van der Waals surface area contributed by atoms with Crippen LogP contribution in [0.4, 0.5) is 11.4 Å². The van der Waals surface area contributed by atoms with E-state index in [4.69, 9.17) is 9.47 Å². The summed E-state index contributed by atoms with van der Waals surface area (Å²) in [7, 11) is 3.95. The molecule has 0 aliphatic carbocycles. The van der Waals surface area contributed by atoms with Gasteiger partial charge in [0.2, 0.25) is 0 Å². The third kappa shape index (κ3) is 5.72. The van der Waals surface area contributed by atoms with Crippen LogP contribution >= 0.6 is 0 Å². The van der Waals surface area contributed by atoms with Gasteiger partial charge in [-0.15, -0.1) is 0 Å². The molecule has 0 saturated heterocycles. The molecule has 0 unspecified atom stereocenters. The number of carbonyl (C=O) groups excluding carboxylic acids is 1. The number of nitrogens with zero attached hydrogens (tertiary/aromatic N) is 1. The zero-order valence-electron chi connectivity index (χ0n) is 15.7. The van der Waals surface area contributed by atoms with Gasteiger partial charge in [0.15, 0.2) is 0 Å². The molecule has 0 amide bonds. The van der Waals surface area contributed by atoms with E-state index in [2.05, 4.69) is 5.32 Å². The molecule has 0 aromatic heterocycles. The highest BCUT2D eigenvalue weighted by atomic mass is 16.5. The first-order chi connectivity index (χ1) is 12.9. The van der Waals surface area contributed by atoms with Crippen molar-refractivity contribution in [2.24, 2.45) is 0 Å². The monoisotopic (exact) mass is 372 g/mol. The second-order valence-corrected chi connectivity index (χ2v) is 6.05. The summed E-state index contributed by atoms with van der Waals surface area (Å²) < 4.78 is 10.6. The first kappa shape index (κ1) is 20.3. The number of carboxylic acid groups (broad SMARTS) is 1. The molecule has 2 rings (SSSR count). The van der Waals surface area contributed by atoms with Crippen molar-refractivity contribution in [3.05, 3.63) is 53.6 Å². The summed E-state index contributed by atoms with van der Waals surface area (Å²) in [5, 5.41) is 12.6. The summed E-state index contributed by atoms with van der Waals surface area (Å²) in [4.78, 5) is 25.8. The van der Waals surface area contributed by atoms with Gasteiger partial charge in [-0.05, 0) is 57.4 Å². The molecule has 7 nitrogen and oxygen atoms in total. The highest BCUT2D eigenvalue weighted by Crippen LogP contribution is 2.26. The molecule has 144 valence electrons. The van der Waals surface area contributed by atoms with Crippen LogP contribution in [0, 0.1) is 0 Å². The maximum absolute atomic E-state index is 12.0. The maximum Gasteiger partial charge on any atom is 0.339 e. The lowest BCUT2D eigenvalue weighted by Crippen LogP contribution is -2.19. The Morgan fingerprint density at radius 1 is 1.11 bits per heavy atom. The highest BCUT2D eigenvalue weighted by Gasteiger charge is 2.21. The van der Waals surface area contributed by atoms with Crippen LogP contribution in [-0.4, -0.2) is 55.8 Å². The number of esters is 1. The Kier molecular flexibility index (Phi) is 7.19. The molecular formula is C20H24N2O5. The fraction of sp³-hybridized carbons (Fsp3) is 0.300. The van der Waals surface area contributed by atoms with Crippen LogP contribution in [0.2, 0.25) is 0 Å². The SMILES string of the molecule is CCOC(=O)c1cccc(Nc2ccc(OCCN(C)C)cc2)c1C(=O)O. The van der Waals surface area contributed by atoms with Gasteiger partial charge in [0.1, 0.15) is 12.4 Å². The lowest BCUT2D eigenvalue weighted by Gasteiger charge is -2.14. The molecule has 0 aliphatic rings. The van der Waals surface area contributed by atoms with Gasteiger partial charge < -0.3 is 24.8 Å². The molecule has 0 bridgehead atoms. The lowest BCUT2D eigenvalue weighted by atomic mass is 10.0. The normalized spacial score (nSPS) is 10.5. The van der Waals surface area contributed by atoms with Gasteiger partial charge in [-0.2, -0.15) is 0 Å². The fourth-order valence-electron chi connectivity index (χ4n) is 2.40. The minimum absolute atomic E-state index is 0.0120. The number of aromatic carboxylic acids is 1. The Morgan fingerprint density at radius 3 is 2.41 bits per heavy atom. The average Bonchev–Trinajstić information content (AvgIpc) is 2.62. The minimum atomic E-state index is -1.20. The van der Waals surface area contributed by atoms with Crippen molar-refractivity contribution in [1.29, 1.82) is 0 Å². The van der Waals surface area contributed by atoms with Crippen LogP contribution in [0.15, 0.2) is 42.5 Å². The number of likely N-dealkylation sites (N-methyl/N-ethyl adjacent to an activating group) is 1. The van der Waals surface area contributed by atoms with Crippen molar-refractivity contribution < 1.29 is 24.2 Å². The molecular weight excluding hydrogens is 348 g/mol. The number of carbonyl (C=O) groups is 2. The number of ether oxygens (including phenoxy) is 2. The lowest BCUT2D eigenvalue weighted by molar-refractivity contribution is 0.0515. The van der Waals surface area contributed by atoms with E-state index in [0.29, 0.717) is 18.0 Å². The van der Waals surface area contributed by atoms with Crippen molar-refractivity contribution in [3.8, 4) is 5.75 Å². The highest BCUT2D eigenvalue weighted by molar-refractivity contribution is 6.06. The van der Waals surface area contributed by atoms with Crippen molar-refractivity contribution in [1.82, 2.24) is 4.90 Å². The summed E-state index contributed by atoms with van der Waals surface area (Å²) in [5.41, 5.74) is 0.882. The van der Waals surface area contributed by atoms with Crippen molar-refractivity contribution in [2.75, 3.05) is 39.2 Å². The van der Waals surface area contributed by atoms with E-state index in [1.54, 1.807) is 43.3 Å². The molecule has 0 heterocycles. The Balaban J connectivity index is 2.18. The average molecular weight is 372 g/mol. The van der Waals surface area contributed by atoms with Crippen LogP contribution < -0.4 is 10.1 Å². The van der Waals surface area contributed by atoms with E-state index in [9.17, 15) is 14.7 Å². The number of hydrogen-bond donors (Lipinski definition) is 2. The zero-order chi connectivity index (χ0) is 19.8. The molecule has 0 spiro atoms. The number of anilines is 2. The summed E-state index contributed by atoms with van der Waals surface area (Å²) in [6, 6.07) is 11.8. The van der Waals surface area contributed by atoms with Crippen LogP contribution in [-0.2, 0) is 4.74 Å². The molecule has 27 heavy (non-hydrogen) atoms. The van der Waals surface area contributed by atoms with E-state index >= 15 is 0 Å². The number of carboxylic acids is 1. The number of hydrogen-bond acceptors (Lipinski definition) is 6. The van der Waals surface area contributed by atoms with E-state index in [-0.39, 0.29) is 17.7 Å². The third-order valence-corrected chi connectivity index (χ3v) is 3.71. The van der Waals surface area contributed by atoms with Gasteiger partial charge in [-0.1, -0.05) is 6.07 Å². The molecule has 2 N–H and O–H groups in total. The number of rotatable bonds is 9. The number of benzene rings is 2. The Bertz CT molecular complexity index is 787. The maximum atomic E-state index is 12.0. The van der Waals surface area contributed by atoms with Crippen LogP contribution in [0.1, 0.15) is 27.6 Å². The standard InChI is InChI=1S/C20H24N2O5/c1-4-26-20(25)16-6-5-7-17(18(16)19(23)24)21-14-8-10-15(11-9-14)27-13-12-22(2)3/h5-11,21H,4,12-13H2,1-3H3,(H,23,24). The second kappa shape index (κ2) is 9.59. The number of nitrogens with one attached hydrogen (secondary N) is 1. The Morgan fingerprint density at radius 2 is 1.81 bits per heavy atom. The minimum Gasteiger partial charge on any atom is -0.492 e.